The summed E-state index contributed by atoms with van der Waals surface area (Å²) >= 11 is 0. The zero-order valence-electron chi connectivity index (χ0n) is 18.8. The van der Waals surface area contributed by atoms with Gasteiger partial charge in [0, 0.05) is 5.92 Å². The van der Waals surface area contributed by atoms with Gasteiger partial charge in [0.1, 0.15) is 18.1 Å². The van der Waals surface area contributed by atoms with Crippen molar-refractivity contribution in [3.8, 4) is 22.6 Å². The van der Waals surface area contributed by atoms with Crippen LogP contribution < -0.4 is 10.1 Å². The van der Waals surface area contributed by atoms with E-state index in [0.29, 0.717) is 17.1 Å². The Kier molecular flexibility index (Phi) is 6.18. The summed E-state index contributed by atoms with van der Waals surface area (Å²) in [6, 6.07) is 30.6. The Morgan fingerprint density at radius 1 is 0.771 bits per heavy atom. The van der Waals surface area contributed by atoms with Gasteiger partial charge >= 0.3 is 12.1 Å². The molecule has 1 atom stereocenters. The minimum absolute atomic E-state index is 0.101. The number of amides is 1. The molecule has 0 saturated carbocycles. The molecule has 5 rings (SSSR count). The van der Waals surface area contributed by atoms with Crippen molar-refractivity contribution in [1.82, 2.24) is 5.32 Å². The molecule has 1 aliphatic rings. The topological polar surface area (TPSA) is 84.9 Å². The van der Waals surface area contributed by atoms with Gasteiger partial charge in [-0.15, -0.1) is 0 Å². The molecular formula is C29H23NO5. The van der Waals surface area contributed by atoms with Crippen molar-refractivity contribution in [2.45, 2.75) is 12.0 Å². The smallest absolute Gasteiger partial charge is 0.408 e. The molecule has 1 aliphatic carbocycles. The average molecular weight is 466 g/mol. The minimum Gasteiger partial charge on any atom is -0.479 e. The summed E-state index contributed by atoms with van der Waals surface area (Å²) in [6.07, 6.45) is -0.798. The lowest BCUT2D eigenvalue weighted by Gasteiger charge is -2.18. The maximum absolute atomic E-state index is 12.7. The first kappa shape index (κ1) is 22.2. The fourth-order valence-electron chi connectivity index (χ4n) is 4.43. The third-order valence-corrected chi connectivity index (χ3v) is 6.02. The molecule has 0 radical (unpaired) electrons. The van der Waals surface area contributed by atoms with Crippen LogP contribution in [0.25, 0.3) is 11.1 Å². The molecule has 0 fully saturated rings. The Bertz CT molecular complexity index is 1320. The number of hydrogen-bond acceptors (Lipinski definition) is 4. The maximum Gasteiger partial charge on any atom is 0.408 e. The summed E-state index contributed by atoms with van der Waals surface area (Å²) in [7, 11) is 0. The predicted molar refractivity (Wildman–Crippen MR) is 132 cm³/mol. The summed E-state index contributed by atoms with van der Waals surface area (Å²) < 4.78 is 11.3. The normalized spacial score (nSPS) is 12.8. The van der Waals surface area contributed by atoms with Crippen LogP contribution in [0.3, 0.4) is 0 Å². The second-order valence-electron chi connectivity index (χ2n) is 8.23. The van der Waals surface area contributed by atoms with Crippen LogP contribution in [-0.2, 0) is 9.53 Å². The van der Waals surface area contributed by atoms with E-state index in [4.69, 9.17) is 9.47 Å². The van der Waals surface area contributed by atoms with Crippen LogP contribution >= 0.6 is 0 Å². The van der Waals surface area contributed by atoms with Crippen LogP contribution in [0.4, 0.5) is 4.79 Å². The molecule has 4 aromatic carbocycles. The summed E-state index contributed by atoms with van der Waals surface area (Å²) in [5, 5.41) is 12.3. The first-order valence-electron chi connectivity index (χ1n) is 11.3. The number of carbonyl (C=O) groups is 2. The van der Waals surface area contributed by atoms with E-state index in [9.17, 15) is 14.7 Å². The van der Waals surface area contributed by atoms with E-state index in [1.807, 2.05) is 54.6 Å². The van der Waals surface area contributed by atoms with Crippen LogP contribution in [0.5, 0.6) is 11.5 Å². The van der Waals surface area contributed by atoms with Gasteiger partial charge in [-0.3, -0.25) is 0 Å². The average Bonchev–Trinajstić information content (AvgIpc) is 3.20. The summed E-state index contributed by atoms with van der Waals surface area (Å²) in [5.41, 5.74) is 4.79. The van der Waals surface area contributed by atoms with Crippen molar-refractivity contribution >= 4 is 12.1 Å². The Hall–Kier alpha value is -4.58. The number of carboxylic acid groups (broad SMARTS) is 1. The number of carbonyl (C=O) groups excluding carboxylic acids is 1. The Morgan fingerprint density at radius 3 is 2.03 bits per heavy atom. The second kappa shape index (κ2) is 9.73. The van der Waals surface area contributed by atoms with Crippen molar-refractivity contribution in [1.29, 1.82) is 0 Å². The van der Waals surface area contributed by atoms with Gasteiger partial charge in [0.05, 0.1) is 0 Å². The molecule has 35 heavy (non-hydrogen) atoms. The Balaban J connectivity index is 1.28. The molecule has 1 amide bonds. The molecular weight excluding hydrogens is 442 g/mol. The summed E-state index contributed by atoms with van der Waals surface area (Å²) in [5.74, 6) is -0.218. The molecule has 6 heteroatoms. The number of aliphatic carboxylic acids is 1. The number of para-hydroxylation sites is 1. The number of rotatable bonds is 7. The molecule has 0 aliphatic heterocycles. The molecule has 1 unspecified atom stereocenters. The summed E-state index contributed by atoms with van der Waals surface area (Å²) in [4.78, 5) is 24.6. The molecule has 4 aromatic rings. The highest BCUT2D eigenvalue weighted by Crippen LogP contribution is 2.44. The number of nitrogens with one attached hydrogen (secondary N) is 1. The number of hydrogen-bond donors (Lipinski definition) is 2. The van der Waals surface area contributed by atoms with E-state index >= 15 is 0 Å². The van der Waals surface area contributed by atoms with Gasteiger partial charge in [-0.25, -0.2) is 9.59 Å². The molecule has 0 heterocycles. The standard InChI is InChI=1S/C29H23NO5/c31-28(32)27(19-9-8-12-21(17-19)35-20-10-2-1-3-11-20)30-29(33)34-18-26-24-15-6-4-13-22(24)23-14-5-7-16-25(23)26/h1-17,26-27H,18H2,(H,30,33)(H,31,32). The van der Waals surface area contributed by atoms with E-state index in [0.717, 1.165) is 22.3 Å². The fraction of sp³-hybridized carbons (Fsp3) is 0.103. The largest absolute Gasteiger partial charge is 0.479 e. The van der Waals surface area contributed by atoms with Crippen molar-refractivity contribution < 1.29 is 24.2 Å². The lowest BCUT2D eigenvalue weighted by Crippen LogP contribution is -2.34. The second-order valence-corrected chi connectivity index (χ2v) is 8.23. The van der Waals surface area contributed by atoms with Gasteiger partial charge in [-0.2, -0.15) is 0 Å². The lowest BCUT2D eigenvalue weighted by molar-refractivity contribution is -0.139. The first-order chi connectivity index (χ1) is 17.1. The molecule has 6 nitrogen and oxygen atoms in total. The molecule has 0 aromatic heterocycles. The van der Waals surface area contributed by atoms with Crippen LogP contribution in [0.15, 0.2) is 103 Å². The zero-order chi connectivity index (χ0) is 24.2. The number of fused-ring (bicyclic) bond motifs is 3. The van der Waals surface area contributed by atoms with Gasteiger partial charge in [0.15, 0.2) is 6.04 Å². The molecule has 2 N–H and O–H groups in total. The highest BCUT2D eigenvalue weighted by Gasteiger charge is 2.30. The maximum atomic E-state index is 12.7. The highest BCUT2D eigenvalue weighted by atomic mass is 16.5. The monoisotopic (exact) mass is 465 g/mol. The third-order valence-electron chi connectivity index (χ3n) is 6.02. The first-order valence-corrected chi connectivity index (χ1v) is 11.3. The van der Waals surface area contributed by atoms with Gasteiger partial charge in [-0.05, 0) is 52.1 Å². The number of ether oxygens (including phenoxy) is 2. The van der Waals surface area contributed by atoms with Crippen molar-refractivity contribution in [3.63, 3.8) is 0 Å². The zero-order valence-corrected chi connectivity index (χ0v) is 18.8. The van der Waals surface area contributed by atoms with E-state index in [-0.39, 0.29) is 12.5 Å². The SMILES string of the molecule is O=C(NC(C(=O)O)c1cccc(Oc2ccccc2)c1)OCC1c2ccccc2-c2ccccc21. The number of carboxylic acids is 1. The van der Waals surface area contributed by atoms with Gasteiger partial charge in [-0.1, -0.05) is 78.9 Å². The molecule has 0 bridgehead atoms. The Morgan fingerprint density at radius 2 is 1.37 bits per heavy atom. The van der Waals surface area contributed by atoms with E-state index in [2.05, 4.69) is 17.4 Å². The third kappa shape index (κ3) is 4.73. The van der Waals surface area contributed by atoms with Crippen molar-refractivity contribution in [2.75, 3.05) is 6.61 Å². The van der Waals surface area contributed by atoms with Crippen LogP contribution in [0.1, 0.15) is 28.7 Å². The van der Waals surface area contributed by atoms with Crippen molar-refractivity contribution in [2.24, 2.45) is 0 Å². The van der Waals surface area contributed by atoms with Gasteiger partial charge in [0.25, 0.3) is 0 Å². The number of alkyl carbamates (subject to hydrolysis) is 1. The fourth-order valence-corrected chi connectivity index (χ4v) is 4.43. The molecule has 0 spiro atoms. The predicted octanol–water partition coefficient (Wildman–Crippen LogP) is 6.14. The summed E-state index contributed by atoms with van der Waals surface area (Å²) in [6.45, 7) is 0.101. The van der Waals surface area contributed by atoms with Crippen molar-refractivity contribution in [3.05, 3.63) is 120 Å². The number of benzene rings is 4. The van der Waals surface area contributed by atoms with E-state index in [1.54, 1.807) is 36.4 Å². The molecule has 174 valence electrons. The van der Waals surface area contributed by atoms with Crippen LogP contribution in [0.2, 0.25) is 0 Å². The van der Waals surface area contributed by atoms with E-state index < -0.39 is 18.1 Å². The Labute approximate surface area is 202 Å². The van der Waals surface area contributed by atoms with Gasteiger partial charge < -0.3 is 19.9 Å². The lowest BCUT2D eigenvalue weighted by atomic mass is 9.98. The van der Waals surface area contributed by atoms with Crippen LogP contribution in [-0.4, -0.2) is 23.8 Å². The van der Waals surface area contributed by atoms with E-state index in [1.165, 1.54) is 0 Å². The molecule has 0 saturated heterocycles. The minimum atomic E-state index is -1.29. The van der Waals surface area contributed by atoms with Crippen LogP contribution in [0, 0.1) is 0 Å². The highest BCUT2D eigenvalue weighted by molar-refractivity contribution is 5.82. The van der Waals surface area contributed by atoms with Gasteiger partial charge in [0.2, 0.25) is 0 Å². The quantitative estimate of drug-likeness (QED) is 0.342.